The highest BCUT2D eigenvalue weighted by atomic mass is 16.4. The summed E-state index contributed by atoms with van der Waals surface area (Å²) in [6.45, 7) is 0. The molecule has 1 fully saturated rings. The normalized spacial score (nSPS) is 15.7. The lowest BCUT2D eigenvalue weighted by Gasteiger charge is -1.96. The maximum absolute atomic E-state index is 11.1. The molecule has 0 saturated heterocycles. The molecule has 13 heavy (non-hydrogen) atoms. The van der Waals surface area contributed by atoms with Crippen LogP contribution in [0.4, 0.5) is 0 Å². The molecule has 0 bridgehead atoms. The molecule has 1 heterocycles. The predicted octanol–water partition coefficient (Wildman–Crippen LogP) is 0.345. The second kappa shape index (κ2) is 2.69. The molecule has 2 N–H and O–H groups in total. The van der Waals surface area contributed by atoms with Gasteiger partial charge < -0.3 is 10.1 Å². The molecule has 0 aliphatic heterocycles. The Hall–Kier alpha value is -1.65. The van der Waals surface area contributed by atoms with Gasteiger partial charge in [-0.2, -0.15) is 0 Å². The summed E-state index contributed by atoms with van der Waals surface area (Å²) in [7, 11) is 0. The minimum absolute atomic E-state index is 0.301. The second-order valence-corrected chi connectivity index (χ2v) is 3.09. The van der Waals surface area contributed by atoms with Gasteiger partial charge in [0.05, 0.1) is 0 Å². The van der Waals surface area contributed by atoms with E-state index in [-0.39, 0.29) is 5.56 Å². The number of nitrogens with zero attached hydrogens (tertiary/aromatic N) is 1. The average molecular weight is 180 g/mol. The third-order valence-electron chi connectivity index (χ3n) is 2.01. The Bertz CT molecular complexity index is 406. The summed E-state index contributed by atoms with van der Waals surface area (Å²) < 4.78 is 0. The molecule has 0 atom stereocenters. The van der Waals surface area contributed by atoms with Crippen LogP contribution in [-0.4, -0.2) is 21.0 Å². The van der Waals surface area contributed by atoms with Gasteiger partial charge in [-0.25, -0.2) is 9.78 Å². The molecule has 2 rings (SSSR count). The standard InChI is InChI=1S/C8H8N2O3/c11-7-5(8(12)13)3-9-6(10-7)4-1-2-4/h3-4H,1-2H2,(H,12,13)(H,9,10,11). The fourth-order valence-corrected chi connectivity index (χ4v) is 1.13. The number of H-pyrrole nitrogens is 1. The van der Waals surface area contributed by atoms with Crippen LogP contribution in [0.15, 0.2) is 11.0 Å². The molecular formula is C8H8N2O3. The quantitative estimate of drug-likeness (QED) is 0.687. The Morgan fingerprint density at radius 1 is 1.62 bits per heavy atom. The topological polar surface area (TPSA) is 83.0 Å². The van der Waals surface area contributed by atoms with E-state index in [1.165, 1.54) is 0 Å². The zero-order chi connectivity index (χ0) is 9.42. The van der Waals surface area contributed by atoms with Crippen molar-refractivity contribution in [3.05, 3.63) is 27.9 Å². The van der Waals surface area contributed by atoms with Gasteiger partial charge in [0.2, 0.25) is 0 Å². The van der Waals surface area contributed by atoms with Crippen molar-refractivity contribution in [1.29, 1.82) is 0 Å². The van der Waals surface area contributed by atoms with Crippen LogP contribution in [0.25, 0.3) is 0 Å². The Morgan fingerprint density at radius 2 is 2.31 bits per heavy atom. The smallest absolute Gasteiger partial charge is 0.342 e. The van der Waals surface area contributed by atoms with Crippen molar-refractivity contribution in [1.82, 2.24) is 9.97 Å². The molecule has 1 aromatic heterocycles. The van der Waals surface area contributed by atoms with Crippen LogP contribution in [-0.2, 0) is 0 Å². The number of nitrogens with one attached hydrogen (secondary N) is 1. The van der Waals surface area contributed by atoms with E-state index in [0.29, 0.717) is 11.7 Å². The summed E-state index contributed by atoms with van der Waals surface area (Å²) in [4.78, 5) is 28.0. The summed E-state index contributed by atoms with van der Waals surface area (Å²) in [6, 6.07) is 0. The maximum Gasteiger partial charge on any atom is 0.342 e. The lowest BCUT2D eigenvalue weighted by atomic mass is 10.3. The number of rotatable bonds is 2. The van der Waals surface area contributed by atoms with E-state index in [4.69, 9.17) is 5.11 Å². The zero-order valence-electron chi connectivity index (χ0n) is 6.78. The van der Waals surface area contributed by atoms with Crippen LogP contribution in [0, 0.1) is 0 Å². The average Bonchev–Trinajstić information content (AvgIpc) is 2.85. The largest absolute Gasteiger partial charge is 0.477 e. The molecule has 0 radical (unpaired) electrons. The number of aromatic amines is 1. The van der Waals surface area contributed by atoms with Gasteiger partial charge in [0.15, 0.2) is 0 Å². The number of carbonyl (C=O) groups is 1. The SMILES string of the molecule is O=C(O)c1cnc(C2CC2)[nH]c1=O. The minimum Gasteiger partial charge on any atom is -0.477 e. The van der Waals surface area contributed by atoms with Crippen LogP contribution in [0.2, 0.25) is 0 Å². The highest BCUT2D eigenvalue weighted by molar-refractivity contribution is 5.86. The van der Waals surface area contributed by atoms with Gasteiger partial charge in [-0.1, -0.05) is 0 Å². The molecule has 1 saturated carbocycles. The highest BCUT2D eigenvalue weighted by Crippen LogP contribution is 2.37. The summed E-state index contributed by atoms with van der Waals surface area (Å²) in [5.41, 5.74) is -0.867. The number of carboxylic acid groups (broad SMARTS) is 1. The zero-order valence-corrected chi connectivity index (χ0v) is 6.78. The third-order valence-corrected chi connectivity index (χ3v) is 2.01. The lowest BCUT2D eigenvalue weighted by molar-refractivity contribution is 0.0694. The molecule has 1 aliphatic rings. The van der Waals surface area contributed by atoms with E-state index < -0.39 is 11.5 Å². The van der Waals surface area contributed by atoms with E-state index in [9.17, 15) is 9.59 Å². The first-order valence-corrected chi connectivity index (χ1v) is 4.01. The summed E-state index contributed by atoms with van der Waals surface area (Å²) in [6.07, 6.45) is 3.17. The van der Waals surface area contributed by atoms with Gasteiger partial charge in [-0.3, -0.25) is 4.79 Å². The second-order valence-electron chi connectivity index (χ2n) is 3.09. The monoisotopic (exact) mass is 180 g/mol. The molecule has 5 nitrogen and oxygen atoms in total. The van der Waals surface area contributed by atoms with Crippen molar-refractivity contribution in [2.75, 3.05) is 0 Å². The first kappa shape index (κ1) is 7.97. The van der Waals surface area contributed by atoms with E-state index >= 15 is 0 Å². The van der Waals surface area contributed by atoms with Gasteiger partial charge >= 0.3 is 5.97 Å². The van der Waals surface area contributed by atoms with Crippen LogP contribution in [0.1, 0.15) is 34.9 Å². The van der Waals surface area contributed by atoms with Gasteiger partial charge in [-0.15, -0.1) is 0 Å². The van der Waals surface area contributed by atoms with E-state index in [2.05, 4.69) is 9.97 Å². The number of hydrogen-bond donors (Lipinski definition) is 2. The van der Waals surface area contributed by atoms with Crippen molar-refractivity contribution < 1.29 is 9.90 Å². The van der Waals surface area contributed by atoms with Gasteiger partial charge in [0, 0.05) is 12.1 Å². The van der Waals surface area contributed by atoms with E-state index in [1.54, 1.807) is 0 Å². The Labute approximate surface area is 73.4 Å². The first-order valence-electron chi connectivity index (χ1n) is 4.01. The Kier molecular flexibility index (Phi) is 1.65. The summed E-state index contributed by atoms with van der Waals surface area (Å²) in [5.74, 6) is -0.304. The third kappa shape index (κ3) is 1.44. The fourth-order valence-electron chi connectivity index (χ4n) is 1.13. The van der Waals surface area contributed by atoms with Crippen LogP contribution < -0.4 is 5.56 Å². The van der Waals surface area contributed by atoms with Crippen molar-refractivity contribution in [2.45, 2.75) is 18.8 Å². The molecular weight excluding hydrogens is 172 g/mol. The van der Waals surface area contributed by atoms with Gasteiger partial charge in [-0.05, 0) is 12.8 Å². The number of aromatic nitrogens is 2. The predicted molar refractivity (Wildman–Crippen MR) is 43.8 cm³/mol. The molecule has 0 spiro atoms. The van der Waals surface area contributed by atoms with E-state index in [0.717, 1.165) is 19.0 Å². The molecule has 68 valence electrons. The van der Waals surface area contributed by atoms with Crippen LogP contribution >= 0.6 is 0 Å². The van der Waals surface area contributed by atoms with Crippen molar-refractivity contribution in [2.24, 2.45) is 0 Å². The van der Waals surface area contributed by atoms with Crippen molar-refractivity contribution in [3.63, 3.8) is 0 Å². The fraction of sp³-hybridized carbons (Fsp3) is 0.375. The Balaban J connectivity index is 2.42. The summed E-state index contributed by atoms with van der Waals surface area (Å²) in [5, 5.41) is 8.55. The molecule has 0 unspecified atom stereocenters. The molecule has 5 heteroatoms. The van der Waals surface area contributed by atoms with Gasteiger partial charge in [0.25, 0.3) is 5.56 Å². The number of hydrogen-bond acceptors (Lipinski definition) is 3. The van der Waals surface area contributed by atoms with Crippen molar-refractivity contribution >= 4 is 5.97 Å². The lowest BCUT2D eigenvalue weighted by Crippen LogP contribution is -2.19. The van der Waals surface area contributed by atoms with E-state index in [1.807, 2.05) is 0 Å². The first-order chi connectivity index (χ1) is 6.18. The molecule has 1 aliphatic carbocycles. The molecule has 0 amide bonds. The van der Waals surface area contributed by atoms with Crippen molar-refractivity contribution in [3.8, 4) is 0 Å². The van der Waals surface area contributed by atoms with Gasteiger partial charge in [0.1, 0.15) is 11.4 Å². The van der Waals surface area contributed by atoms with Crippen LogP contribution in [0.3, 0.4) is 0 Å². The van der Waals surface area contributed by atoms with Crippen LogP contribution in [0.5, 0.6) is 0 Å². The molecule has 0 aromatic carbocycles. The highest BCUT2D eigenvalue weighted by Gasteiger charge is 2.26. The number of aromatic carboxylic acids is 1. The number of carboxylic acids is 1. The molecule has 1 aromatic rings. The summed E-state index contributed by atoms with van der Waals surface area (Å²) >= 11 is 0. The maximum atomic E-state index is 11.1. The minimum atomic E-state index is -1.24. The Morgan fingerprint density at radius 3 is 2.77 bits per heavy atom.